The first-order chi connectivity index (χ1) is 20.5. The molecule has 43 heavy (non-hydrogen) atoms. The molecule has 0 aromatic heterocycles. The molecule has 0 radical (unpaired) electrons. The Balaban J connectivity index is 1.79. The maximum atomic E-state index is 12.9. The highest BCUT2D eigenvalue weighted by atomic mass is 32.2. The fourth-order valence-electron chi connectivity index (χ4n) is 4.72. The number of amidine groups is 1. The Hall–Kier alpha value is -4.47. The number of nitrogens with zero attached hydrogens (tertiary/aromatic N) is 4. The van der Waals surface area contributed by atoms with Crippen LogP contribution in [0.5, 0.6) is 0 Å². The quantitative estimate of drug-likeness (QED) is 0.137. The fourth-order valence-corrected chi connectivity index (χ4v) is 5.62. The first kappa shape index (κ1) is 33.0. The van der Waals surface area contributed by atoms with Crippen LogP contribution in [0.1, 0.15) is 38.2 Å². The standard InChI is InChI=1S/C31H39N7O4S/c1-24(30(33)35-26-10-12-27(13-11-26)43(41,42)37(2)3)28(15-20-34-23-39)36-31(16-19-32)17-21-38(22-18-31)29(40)14-9-25-7-5-4-6-8-25/h4-8,10-13,15,20,23,36H,9,14,16-18,21-22H2,1-3H3,(H2,33,35)(H,34,39)/b20-15-,28-24-. The van der Waals surface area contributed by atoms with E-state index in [0.717, 1.165) is 9.87 Å². The monoisotopic (exact) mass is 605 g/mol. The molecule has 4 N–H and O–H groups in total. The third-order valence-corrected chi connectivity index (χ3v) is 9.26. The van der Waals surface area contributed by atoms with E-state index < -0.39 is 15.6 Å². The number of hydrogen-bond acceptors (Lipinski definition) is 7. The van der Waals surface area contributed by atoms with Gasteiger partial charge in [-0.2, -0.15) is 5.26 Å². The minimum Gasteiger partial charge on any atom is -0.383 e. The summed E-state index contributed by atoms with van der Waals surface area (Å²) in [6.07, 6.45) is 6.01. The third-order valence-electron chi connectivity index (χ3n) is 7.43. The normalized spacial score (nSPS) is 16.0. The number of amides is 2. The number of aliphatic imine (C=N–C) groups is 1. The summed E-state index contributed by atoms with van der Waals surface area (Å²) in [5, 5.41) is 15.7. The maximum Gasteiger partial charge on any atom is 0.242 e. The van der Waals surface area contributed by atoms with Crippen molar-refractivity contribution in [3.63, 3.8) is 0 Å². The van der Waals surface area contributed by atoms with Gasteiger partial charge >= 0.3 is 0 Å². The summed E-state index contributed by atoms with van der Waals surface area (Å²) in [4.78, 5) is 30.3. The molecule has 1 heterocycles. The van der Waals surface area contributed by atoms with Crippen molar-refractivity contribution in [1.82, 2.24) is 19.8 Å². The second-order valence-electron chi connectivity index (χ2n) is 10.5. The van der Waals surface area contributed by atoms with Gasteiger partial charge in [-0.05, 0) is 62.1 Å². The SMILES string of the molecule is C/C(C(N)=Nc1ccc(S(=O)(=O)N(C)C)cc1)=C(\C=C/NC=O)NC1(CC#N)CCN(C(=O)CCc2ccccc2)CC1. The van der Waals surface area contributed by atoms with Crippen molar-refractivity contribution in [2.24, 2.45) is 10.7 Å². The van der Waals surface area contributed by atoms with Crippen LogP contribution in [-0.2, 0) is 26.0 Å². The van der Waals surface area contributed by atoms with Crippen LogP contribution >= 0.6 is 0 Å². The van der Waals surface area contributed by atoms with Gasteiger partial charge in [0.15, 0.2) is 0 Å². The van der Waals surface area contributed by atoms with Gasteiger partial charge in [0.1, 0.15) is 5.84 Å². The molecule has 3 rings (SSSR count). The minimum atomic E-state index is -3.58. The number of hydrogen-bond donors (Lipinski definition) is 3. The maximum absolute atomic E-state index is 12.9. The van der Waals surface area contributed by atoms with Crippen molar-refractivity contribution in [2.75, 3.05) is 27.2 Å². The largest absolute Gasteiger partial charge is 0.383 e. The lowest BCUT2D eigenvalue weighted by molar-refractivity contribution is -0.132. The van der Waals surface area contributed by atoms with Crippen LogP contribution in [0.2, 0.25) is 0 Å². The molecule has 11 nitrogen and oxygen atoms in total. The number of sulfonamides is 1. The van der Waals surface area contributed by atoms with Crippen LogP contribution in [0.4, 0.5) is 5.69 Å². The molecule has 2 amide bonds. The molecule has 2 aromatic carbocycles. The second kappa shape index (κ2) is 15.1. The van der Waals surface area contributed by atoms with E-state index in [1.807, 2.05) is 35.2 Å². The van der Waals surface area contributed by atoms with Crippen LogP contribution in [-0.4, -0.2) is 68.5 Å². The highest BCUT2D eigenvalue weighted by Gasteiger charge is 2.36. The van der Waals surface area contributed by atoms with Crippen molar-refractivity contribution in [3.8, 4) is 6.07 Å². The number of aryl methyl sites for hydroxylation is 1. The summed E-state index contributed by atoms with van der Waals surface area (Å²) in [5.74, 6) is 0.249. The fraction of sp³-hybridized carbons (Fsp3) is 0.355. The number of carbonyl (C=O) groups excluding carboxylic acids is 2. The third kappa shape index (κ3) is 9.01. The number of benzene rings is 2. The Morgan fingerprint density at radius 3 is 2.37 bits per heavy atom. The zero-order chi connectivity index (χ0) is 31.5. The molecule has 1 aliphatic heterocycles. The zero-order valence-electron chi connectivity index (χ0n) is 24.8. The zero-order valence-corrected chi connectivity index (χ0v) is 25.6. The summed E-state index contributed by atoms with van der Waals surface area (Å²) in [5.41, 5.74) is 8.44. The van der Waals surface area contributed by atoms with Gasteiger partial charge in [0.2, 0.25) is 22.3 Å². The van der Waals surface area contributed by atoms with Gasteiger partial charge in [0.25, 0.3) is 0 Å². The van der Waals surface area contributed by atoms with Crippen molar-refractivity contribution >= 4 is 33.9 Å². The molecule has 0 atom stereocenters. The molecule has 0 unspecified atom stereocenters. The van der Waals surface area contributed by atoms with Gasteiger partial charge in [0, 0.05) is 51.1 Å². The minimum absolute atomic E-state index is 0.0808. The molecular weight excluding hydrogens is 566 g/mol. The Morgan fingerprint density at radius 2 is 1.79 bits per heavy atom. The van der Waals surface area contributed by atoms with E-state index in [-0.39, 0.29) is 23.1 Å². The Kier molecular flexibility index (Phi) is 11.6. The van der Waals surface area contributed by atoms with Crippen LogP contribution in [0, 0.1) is 11.3 Å². The Labute approximate surface area is 253 Å². The summed E-state index contributed by atoms with van der Waals surface area (Å²) < 4.78 is 25.9. The summed E-state index contributed by atoms with van der Waals surface area (Å²) in [6.45, 7) is 2.76. The number of likely N-dealkylation sites (tertiary alicyclic amines) is 1. The van der Waals surface area contributed by atoms with Gasteiger partial charge in [-0.3, -0.25) is 9.59 Å². The topological polar surface area (TPSA) is 161 Å². The van der Waals surface area contributed by atoms with Crippen molar-refractivity contribution < 1.29 is 18.0 Å². The molecule has 0 saturated carbocycles. The average molecular weight is 606 g/mol. The lowest BCUT2D eigenvalue weighted by Crippen LogP contribution is -2.54. The van der Waals surface area contributed by atoms with Crippen molar-refractivity contribution in [3.05, 3.63) is 83.7 Å². The smallest absolute Gasteiger partial charge is 0.242 e. The summed E-state index contributed by atoms with van der Waals surface area (Å²) >= 11 is 0. The van der Waals surface area contributed by atoms with E-state index in [4.69, 9.17) is 5.73 Å². The predicted octanol–water partition coefficient (Wildman–Crippen LogP) is 2.96. The molecule has 1 saturated heterocycles. The van der Waals surface area contributed by atoms with Gasteiger partial charge in [-0.1, -0.05) is 30.3 Å². The van der Waals surface area contributed by atoms with Gasteiger partial charge < -0.3 is 21.3 Å². The Morgan fingerprint density at radius 1 is 1.14 bits per heavy atom. The van der Waals surface area contributed by atoms with E-state index in [2.05, 4.69) is 21.7 Å². The molecule has 1 fully saturated rings. The van der Waals surface area contributed by atoms with E-state index in [0.29, 0.717) is 62.1 Å². The van der Waals surface area contributed by atoms with Crippen molar-refractivity contribution in [1.29, 1.82) is 5.26 Å². The lowest BCUT2D eigenvalue weighted by atomic mass is 9.84. The highest BCUT2D eigenvalue weighted by molar-refractivity contribution is 7.89. The predicted molar refractivity (Wildman–Crippen MR) is 166 cm³/mol. The number of piperidine rings is 1. The molecule has 0 aliphatic carbocycles. The van der Waals surface area contributed by atoms with Gasteiger partial charge in [-0.15, -0.1) is 0 Å². The van der Waals surface area contributed by atoms with Crippen LogP contribution in [0.25, 0.3) is 0 Å². The number of nitrogens with two attached hydrogens (primary N) is 1. The molecule has 12 heteroatoms. The Bertz CT molecular complexity index is 1500. The van der Waals surface area contributed by atoms with Crippen LogP contribution in [0.15, 0.2) is 88.0 Å². The summed E-state index contributed by atoms with van der Waals surface area (Å²) in [6, 6.07) is 18.2. The molecule has 1 aliphatic rings. The second-order valence-corrected chi connectivity index (χ2v) is 12.7. The van der Waals surface area contributed by atoms with E-state index in [1.165, 1.54) is 32.4 Å². The number of rotatable bonds is 13. The first-order valence-corrected chi connectivity index (χ1v) is 15.4. The van der Waals surface area contributed by atoms with Crippen molar-refractivity contribution in [2.45, 2.75) is 49.5 Å². The molecule has 0 spiro atoms. The average Bonchev–Trinajstić information content (AvgIpc) is 3.00. The van der Waals surface area contributed by atoms with E-state index in [9.17, 15) is 23.3 Å². The summed E-state index contributed by atoms with van der Waals surface area (Å²) in [7, 11) is -0.660. The van der Waals surface area contributed by atoms with E-state index >= 15 is 0 Å². The number of nitriles is 1. The molecule has 228 valence electrons. The molecular formula is C31H39N7O4S. The first-order valence-electron chi connectivity index (χ1n) is 13.9. The van der Waals surface area contributed by atoms with Gasteiger partial charge in [0.05, 0.1) is 28.6 Å². The highest BCUT2D eigenvalue weighted by Crippen LogP contribution is 2.29. The number of nitrogens with one attached hydrogen (secondary N) is 2. The number of carbonyl (C=O) groups is 2. The van der Waals surface area contributed by atoms with Crippen LogP contribution < -0.4 is 16.4 Å². The molecule has 2 aromatic rings. The molecule has 0 bridgehead atoms. The van der Waals surface area contributed by atoms with E-state index in [1.54, 1.807) is 25.1 Å². The lowest BCUT2D eigenvalue weighted by Gasteiger charge is -2.42. The number of allylic oxidation sites excluding steroid dienone is 1. The van der Waals surface area contributed by atoms with Gasteiger partial charge in [-0.25, -0.2) is 17.7 Å². The van der Waals surface area contributed by atoms with Crippen LogP contribution in [0.3, 0.4) is 0 Å².